The van der Waals surface area contributed by atoms with Crippen LogP contribution in [-0.4, -0.2) is 151 Å². The number of halogens is 3. The van der Waals surface area contributed by atoms with E-state index in [-0.39, 0.29) is 6.61 Å². The van der Waals surface area contributed by atoms with Crippen molar-refractivity contribution in [2.75, 3.05) is 118 Å². The molecule has 638 valence electrons. The maximum Gasteiger partial charge on any atom is 0.123 e. The highest BCUT2D eigenvalue weighted by Crippen LogP contribution is 2.44. The Bertz CT molecular complexity index is 1990. The van der Waals surface area contributed by atoms with Crippen LogP contribution in [0, 0.1) is 17.5 Å². The summed E-state index contributed by atoms with van der Waals surface area (Å²) in [7, 11) is -4.41. The Morgan fingerprint density at radius 1 is 0.248 bits per heavy atom. The molecule has 0 unspecified atom stereocenters. The smallest absolute Gasteiger partial charge is 0.123 e. The predicted molar refractivity (Wildman–Crippen MR) is 463 cm³/mol. The molecule has 15 heteroatoms. The quantitative estimate of drug-likeness (QED) is 0.0241. The van der Waals surface area contributed by atoms with Gasteiger partial charge in [0.25, 0.3) is 0 Å². The largest absolute Gasteiger partial charge is 0.871 e. The second kappa shape index (κ2) is 75.2. The summed E-state index contributed by atoms with van der Waals surface area (Å²) in [6.45, 7) is 62.5. The van der Waals surface area contributed by atoms with Gasteiger partial charge in [0, 0.05) is 18.6 Å². The SMILES string of the molecule is CCCCCCOB([O-])[O-].CCCC[N+](CCCC)(CCCC)CCCC.CCCC[N+](CCCC)(CCCC)CCCC.CCCC[N+](CCCC)(CCCC)CCCC.CCCC[N+](CCCC)(CCCC)CCCC.[O-]B([O-])OCCCCCC(c1cccc(F)c1)(c1cccc(F)c1)c1cccc(F)c1. The zero-order valence-electron chi connectivity index (χ0n) is 75.0. The molecule has 0 saturated heterocycles. The molecule has 0 heterocycles. The van der Waals surface area contributed by atoms with Crippen LogP contribution in [0.4, 0.5) is 13.2 Å². The van der Waals surface area contributed by atoms with Crippen LogP contribution in [0.15, 0.2) is 72.8 Å². The van der Waals surface area contributed by atoms with Crippen LogP contribution in [0.1, 0.15) is 391 Å². The molecule has 109 heavy (non-hydrogen) atoms. The van der Waals surface area contributed by atoms with E-state index in [1.807, 2.05) is 0 Å². The summed E-state index contributed by atoms with van der Waals surface area (Å²) >= 11 is 0. The molecule has 0 spiro atoms. The molecule has 0 fully saturated rings. The molecule has 3 aromatic carbocycles. The highest BCUT2D eigenvalue weighted by molar-refractivity contribution is 6.28. The van der Waals surface area contributed by atoms with Crippen LogP contribution in [0.2, 0.25) is 0 Å². The van der Waals surface area contributed by atoms with Gasteiger partial charge in [-0.25, -0.2) is 13.2 Å². The third-order valence-corrected chi connectivity index (χ3v) is 22.4. The van der Waals surface area contributed by atoms with Gasteiger partial charge >= 0.3 is 0 Å². The van der Waals surface area contributed by atoms with E-state index >= 15 is 0 Å². The Hall–Kier alpha value is -2.82. The number of benzene rings is 3. The van der Waals surface area contributed by atoms with E-state index in [9.17, 15) is 33.3 Å². The molecular formula is C94H179B2F3N4O6. The Kier molecular flexibility index (Phi) is 76.2. The van der Waals surface area contributed by atoms with Crippen molar-refractivity contribution < 1.29 is 60.5 Å². The average Bonchev–Trinajstić information content (AvgIpc) is 0.751. The third-order valence-electron chi connectivity index (χ3n) is 22.4. The van der Waals surface area contributed by atoms with Gasteiger partial charge in [-0.15, -0.1) is 0 Å². The molecule has 0 aliphatic carbocycles. The Balaban J connectivity index is -0.00000128. The summed E-state index contributed by atoms with van der Waals surface area (Å²) in [6, 6.07) is 18.1. The van der Waals surface area contributed by atoms with Crippen LogP contribution >= 0.6 is 0 Å². The molecule has 0 N–H and O–H groups in total. The zero-order valence-corrected chi connectivity index (χ0v) is 75.0. The number of nitrogens with zero attached hydrogens (tertiary/aromatic N) is 4. The van der Waals surface area contributed by atoms with Crippen LogP contribution in [-0.2, 0) is 14.7 Å². The molecule has 0 aromatic heterocycles. The molecule has 3 rings (SSSR count). The first-order valence-electron chi connectivity index (χ1n) is 46.2. The van der Waals surface area contributed by atoms with E-state index in [1.165, 1.54) is 365 Å². The van der Waals surface area contributed by atoms with Gasteiger partial charge in [0.2, 0.25) is 0 Å². The lowest BCUT2D eigenvalue weighted by Crippen LogP contribution is -2.50. The molecule has 0 aliphatic heterocycles. The van der Waals surface area contributed by atoms with Crippen molar-refractivity contribution in [3.8, 4) is 0 Å². The van der Waals surface area contributed by atoms with Crippen molar-refractivity contribution in [2.45, 2.75) is 380 Å². The summed E-state index contributed by atoms with van der Waals surface area (Å²) in [5.41, 5.74) is 0.754. The van der Waals surface area contributed by atoms with Gasteiger partial charge < -0.3 is 47.3 Å². The summed E-state index contributed by atoms with van der Waals surface area (Å²) in [4.78, 5) is 0. The van der Waals surface area contributed by atoms with E-state index in [4.69, 9.17) is 0 Å². The first kappa shape index (κ1) is 110. The molecule has 0 aliphatic rings. The van der Waals surface area contributed by atoms with Crippen molar-refractivity contribution in [2.24, 2.45) is 0 Å². The Morgan fingerprint density at radius 2 is 0.422 bits per heavy atom. The topological polar surface area (TPSA) is 111 Å². The predicted octanol–water partition coefficient (Wildman–Crippen LogP) is 23.0. The maximum absolute atomic E-state index is 14.2. The molecule has 0 amide bonds. The summed E-state index contributed by atoms with van der Waals surface area (Å²) in [5, 5.41) is 40.5. The average molecular weight is 1540 g/mol. The second-order valence-corrected chi connectivity index (χ2v) is 32.2. The number of quaternary nitrogens is 4. The number of rotatable bonds is 64. The number of hydrogen-bond acceptors (Lipinski definition) is 6. The molecule has 0 saturated carbocycles. The number of hydrogen-bond donors (Lipinski definition) is 0. The lowest BCUT2D eigenvalue weighted by Gasteiger charge is -2.39. The normalized spacial score (nSPS) is 11.7. The molecule has 3 aromatic rings. The maximum atomic E-state index is 14.2. The monoisotopic (exact) mass is 1540 g/mol. The fourth-order valence-corrected chi connectivity index (χ4v) is 15.3. The minimum atomic E-state index is -2.31. The summed E-state index contributed by atoms with van der Waals surface area (Å²) in [6.07, 6.45) is 50.6. The van der Waals surface area contributed by atoms with Crippen molar-refractivity contribution in [3.63, 3.8) is 0 Å². The fourth-order valence-electron chi connectivity index (χ4n) is 15.3. The van der Waals surface area contributed by atoms with Crippen molar-refractivity contribution >= 4 is 14.6 Å². The van der Waals surface area contributed by atoms with Gasteiger partial charge in [-0.1, -0.05) is 289 Å². The second-order valence-electron chi connectivity index (χ2n) is 32.2. The number of unbranched alkanes of at least 4 members (excludes halogenated alkanes) is 21. The van der Waals surface area contributed by atoms with E-state index in [0.717, 1.165) is 25.7 Å². The van der Waals surface area contributed by atoms with E-state index in [0.29, 0.717) is 49.0 Å². The van der Waals surface area contributed by atoms with Gasteiger partial charge in [0.15, 0.2) is 0 Å². The summed E-state index contributed by atoms with van der Waals surface area (Å²) in [5.74, 6) is -1.33. The van der Waals surface area contributed by atoms with Gasteiger partial charge in [-0.2, -0.15) is 0 Å². The first-order valence-corrected chi connectivity index (χ1v) is 46.2. The van der Waals surface area contributed by atoms with E-state index in [1.54, 1.807) is 36.4 Å². The third kappa shape index (κ3) is 55.4. The van der Waals surface area contributed by atoms with Gasteiger partial charge in [0.1, 0.15) is 17.5 Å². The Labute approximate surface area is 676 Å². The molecule has 0 bridgehead atoms. The lowest BCUT2D eigenvalue weighted by atomic mass is 9.66. The van der Waals surface area contributed by atoms with Crippen LogP contribution in [0.25, 0.3) is 0 Å². The highest BCUT2D eigenvalue weighted by Gasteiger charge is 2.37. The Morgan fingerprint density at radius 3 is 0.578 bits per heavy atom. The van der Waals surface area contributed by atoms with Gasteiger partial charge in [-0.3, -0.25) is 0 Å². The molecular weight excluding hydrogens is 1360 g/mol. The van der Waals surface area contributed by atoms with Crippen LogP contribution in [0.3, 0.4) is 0 Å². The van der Waals surface area contributed by atoms with E-state index < -0.39 is 37.5 Å². The highest BCUT2D eigenvalue weighted by atomic mass is 19.1. The molecule has 0 radical (unpaired) electrons. The van der Waals surface area contributed by atoms with Crippen LogP contribution < -0.4 is 20.1 Å². The van der Waals surface area contributed by atoms with E-state index in [2.05, 4.69) is 127 Å². The van der Waals surface area contributed by atoms with Gasteiger partial charge in [-0.05, 0) is 175 Å². The van der Waals surface area contributed by atoms with Crippen LogP contribution in [0.5, 0.6) is 0 Å². The fraction of sp³-hybridized carbons (Fsp3) is 0.809. The molecule has 0 atom stereocenters. The minimum absolute atomic E-state index is 0.0462. The standard InChI is InChI=1S/C24H22BF3O3.4C16H36N.C6H13BO3/c26-21-10-4-7-18(15-21)24(19-8-5-11-22(27)16-19,20-9-6-12-23(28)17-20)13-2-1-3-14-31-25(29)30;4*1-5-9-13-17(14-10-6-2,15-11-7-3)16-12-8-4;1-2-3-4-5-6-10-7(8)9/h4-12,15-17H,1-3,13-14H2;4*5-16H2,1-4H3;2-6H2,1H3/q-2;4*+1;-2. The van der Waals surface area contributed by atoms with Crippen molar-refractivity contribution in [3.05, 3.63) is 107 Å². The first-order chi connectivity index (χ1) is 52.7. The lowest BCUT2D eigenvalue weighted by molar-refractivity contribution is -0.929. The van der Waals surface area contributed by atoms with Crippen molar-refractivity contribution in [1.29, 1.82) is 0 Å². The minimum Gasteiger partial charge on any atom is -0.871 e. The van der Waals surface area contributed by atoms with Crippen molar-refractivity contribution in [1.82, 2.24) is 0 Å². The molecule has 10 nitrogen and oxygen atoms in total. The zero-order chi connectivity index (χ0) is 82.0. The summed E-state index contributed by atoms with van der Waals surface area (Å²) < 4.78 is 57.2. The van der Waals surface area contributed by atoms with Gasteiger partial charge in [0.05, 0.1) is 119 Å².